The van der Waals surface area contributed by atoms with Gasteiger partial charge in [0, 0.05) is 11.3 Å². The molecule has 0 aliphatic rings. The van der Waals surface area contributed by atoms with Crippen LogP contribution in [0.5, 0.6) is 0 Å². The number of nitrogens with zero attached hydrogens (tertiary/aromatic N) is 2. The van der Waals surface area contributed by atoms with E-state index < -0.39 is 5.91 Å². The molecule has 98 valence electrons. The van der Waals surface area contributed by atoms with Crippen LogP contribution >= 0.6 is 0 Å². The van der Waals surface area contributed by atoms with Crippen molar-refractivity contribution in [1.29, 1.82) is 0 Å². The minimum absolute atomic E-state index is 0.278. The molecule has 0 aliphatic heterocycles. The molecule has 0 bridgehead atoms. The average molecular weight is 255 g/mol. The Morgan fingerprint density at radius 3 is 2.58 bits per heavy atom. The highest BCUT2D eigenvalue weighted by Crippen LogP contribution is 2.16. The first-order valence-electron chi connectivity index (χ1n) is 6.44. The van der Waals surface area contributed by atoms with E-state index >= 15 is 0 Å². The van der Waals surface area contributed by atoms with Crippen molar-refractivity contribution in [3.63, 3.8) is 0 Å². The summed E-state index contributed by atoms with van der Waals surface area (Å²) in [4.78, 5) is 20.1. The number of amides is 1. The average Bonchev–Trinajstić information content (AvgIpc) is 2.45. The van der Waals surface area contributed by atoms with Crippen LogP contribution in [0.25, 0.3) is 11.4 Å². The Morgan fingerprint density at radius 1 is 1.21 bits per heavy atom. The third-order valence-corrected chi connectivity index (χ3v) is 2.85. The molecule has 2 N–H and O–H groups in total. The number of unbranched alkanes of at least 4 members (excludes halogenated alkanes) is 1. The highest BCUT2D eigenvalue weighted by atomic mass is 16.1. The van der Waals surface area contributed by atoms with E-state index in [2.05, 4.69) is 16.9 Å². The molecule has 0 spiro atoms. The Bertz CT molecular complexity index is 567. The van der Waals surface area contributed by atoms with Crippen LogP contribution in [0.4, 0.5) is 0 Å². The topological polar surface area (TPSA) is 68.9 Å². The first kappa shape index (κ1) is 13.2. The van der Waals surface area contributed by atoms with Gasteiger partial charge in [0.15, 0.2) is 5.82 Å². The Morgan fingerprint density at radius 2 is 1.95 bits per heavy atom. The fourth-order valence-corrected chi connectivity index (χ4v) is 1.83. The maximum Gasteiger partial charge on any atom is 0.267 e. The highest BCUT2D eigenvalue weighted by molar-refractivity contribution is 5.91. The summed E-state index contributed by atoms with van der Waals surface area (Å²) >= 11 is 0. The predicted molar refractivity (Wildman–Crippen MR) is 74.6 cm³/mol. The number of benzene rings is 1. The smallest absolute Gasteiger partial charge is 0.267 e. The monoisotopic (exact) mass is 255 g/mol. The Kier molecular flexibility index (Phi) is 4.23. The van der Waals surface area contributed by atoms with E-state index in [4.69, 9.17) is 5.73 Å². The van der Waals surface area contributed by atoms with Crippen LogP contribution in [0.1, 0.15) is 35.9 Å². The van der Waals surface area contributed by atoms with Crippen molar-refractivity contribution in [2.24, 2.45) is 5.73 Å². The SMILES string of the molecule is CCCCc1cc(C(N)=O)nc(-c2ccccc2)n1. The zero-order valence-electron chi connectivity index (χ0n) is 11.0. The van der Waals surface area contributed by atoms with Crippen LogP contribution in [0.3, 0.4) is 0 Å². The molecule has 0 saturated heterocycles. The van der Waals surface area contributed by atoms with Gasteiger partial charge in [-0.3, -0.25) is 4.79 Å². The summed E-state index contributed by atoms with van der Waals surface area (Å²) in [6.45, 7) is 2.12. The van der Waals surface area contributed by atoms with E-state index in [1.54, 1.807) is 6.07 Å². The predicted octanol–water partition coefficient (Wildman–Crippen LogP) is 2.59. The standard InChI is InChI=1S/C15H17N3O/c1-2-3-9-12-10-13(14(16)19)18-15(17-12)11-7-5-4-6-8-11/h4-8,10H,2-3,9H2,1H3,(H2,16,19). The van der Waals surface area contributed by atoms with Gasteiger partial charge in [-0.05, 0) is 18.9 Å². The molecule has 2 aromatic rings. The maximum absolute atomic E-state index is 11.3. The van der Waals surface area contributed by atoms with Crippen molar-refractivity contribution >= 4 is 5.91 Å². The number of nitrogens with two attached hydrogens (primary N) is 1. The number of aromatic nitrogens is 2. The number of hydrogen-bond acceptors (Lipinski definition) is 3. The number of hydrogen-bond donors (Lipinski definition) is 1. The first-order valence-corrected chi connectivity index (χ1v) is 6.44. The van der Waals surface area contributed by atoms with Gasteiger partial charge in [0.05, 0.1) is 0 Å². The van der Waals surface area contributed by atoms with Gasteiger partial charge in [-0.2, -0.15) is 0 Å². The van der Waals surface area contributed by atoms with Gasteiger partial charge in [0.25, 0.3) is 5.91 Å². The second-order valence-corrected chi connectivity index (χ2v) is 4.40. The summed E-state index contributed by atoms with van der Waals surface area (Å²) in [5.41, 5.74) is 7.36. The third-order valence-electron chi connectivity index (χ3n) is 2.85. The molecule has 1 aromatic heterocycles. The molecule has 0 radical (unpaired) electrons. The zero-order chi connectivity index (χ0) is 13.7. The summed E-state index contributed by atoms with van der Waals surface area (Å²) in [6, 6.07) is 11.3. The normalized spacial score (nSPS) is 10.4. The Labute approximate surface area is 112 Å². The quantitative estimate of drug-likeness (QED) is 0.892. The second-order valence-electron chi connectivity index (χ2n) is 4.40. The Hall–Kier alpha value is -2.23. The highest BCUT2D eigenvalue weighted by Gasteiger charge is 2.10. The molecule has 0 saturated carbocycles. The lowest BCUT2D eigenvalue weighted by Gasteiger charge is -2.06. The Balaban J connectivity index is 2.42. The molecule has 19 heavy (non-hydrogen) atoms. The minimum Gasteiger partial charge on any atom is -0.364 e. The lowest BCUT2D eigenvalue weighted by atomic mass is 10.1. The fraction of sp³-hybridized carbons (Fsp3) is 0.267. The van der Waals surface area contributed by atoms with Crippen molar-refractivity contribution < 1.29 is 4.79 Å². The van der Waals surface area contributed by atoms with Crippen LogP contribution in [0.15, 0.2) is 36.4 Å². The fourth-order valence-electron chi connectivity index (χ4n) is 1.83. The molecule has 0 aliphatic carbocycles. The van der Waals surface area contributed by atoms with Gasteiger partial charge in [-0.15, -0.1) is 0 Å². The van der Waals surface area contributed by atoms with Gasteiger partial charge in [0.2, 0.25) is 0 Å². The summed E-state index contributed by atoms with van der Waals surface area (Å²) in [5, 5.41) is 0. The van der Waals surface area contributed by atoms with E-state index in [0.717, 1.165) is 30.5 Å². The van der Waals surface area contributed by atoms with Crippen molar-refractivity contribution in [1.82, 2.24) is 9.97 Å². The minimum atomic E-state index is -0.516. The molecule has 4 nitrogen and oxygen atoms in total. The zero-order valence-corrected chi connectivity index (χ0v) is 11.0. The number of primary amides is 1. The number of carbonyl (C=O) groups excluding carboxylic acids is 1. The lowest BCUT2D eigenvalue weighted by Crippen LogP contribution is -2.15. The molecule has 0 fully saturated rings. The number of rotatable bonds is 5. The second kappa shape index (κ2) is 6.09. The van der Waals surface area contributed by atoms with Crippen molar-refractivity contribution in [2.75, 3.05) is 0 Å². The summed E-state index contributed by atoms with van der Waals surface area (Å²) in [6.07, 6.45) is 2.94. The van der Waals surface area contributed by atoms with Crippen molar-refractivity contribution in [3.8, 4) is 11.4 Å². The van der Waals surface area contributed by atoms with Crippen molar-refractivity contribution in [2.45, 2.75) is 26.2 Å². The van der Waals surface area contributed by atoms with Crippen LogP contribution in [0.2, 0.25) is 0 Å². The van der Waals surface area contributed by atoms with Gasteiger partial charge < -0.3 is 5.73 Å². The number of aryl methyl sites for hydroxylation is 1. The van der Waals surface area contributed by atoms with Gasteiger partial charge >= 0.3 is 0 Å². The molecule has 2 rings (SSSR count). The first-order chi connectivity index (χ1) is 9.20. The van der Waals surface area contributed by atoms with Crippen LogP contribution < -0.4 is 5.73 Å². The number of carbonyl (C=O) groups is 1. The summed E-state index contributed by atoms with van der Waals surface area (Å²) < 4.78 is 0. The van der Waals surface area contributed by atoms with Crippen LogP contribution in [-0.4, -0.2) is 15.9 Å². The molecule has 4 heteroatoms. The van der Waals surface area contributed by atoms with E-state index in [9.17, 15) is 4.79 Å². The van der Waals surface area contributed by atoms with Crippen LogP contribution in [-0.2, 0) is 6.42 Å². The van der Waals surface area contributed by atoms with E-state index in [0.29, 0.717) is 5.82 Å². The largest absolute Gasteiger partial charge is 0.364 e. The van der Waals surface area contributed by atoms with Gasteiger partial charge in [0.1, 0.15) is 5.69 Å². The molecule has 1 heterocycles. The third kappa shape index (κ3) is 3.37. The maximum atomic E-state index is 11.3. The van der Waals surface area contributed by atoms with Gasteiger partial charge in [-0.25, -0.2) is 9.97 Å². The molecule has 0 atom stereocenters. The lowest BCUT2D eigenvalue weighted by molar-refractivity contribution is 0.0995. The molecule has 1 aromatic carbocycles. The molecular weight excluding hydrogens is 238 g/mol. The van der Waals surface area contributed by atoms with E-state index in [1.165, 1.54) is 0 Å². The summed E-state index contributed by atoms with van der Waals surface area (Å²) in [7, 11) is 0. The van der Waals surface area contributed by atoms with E-state index in [1.807, 2.05) is 30.3 Å². The van der Waals surface area contributed by atoms with Gasteiger partial charge in [-0.1, -0.05) is 43.7 Å². The van der Waals surface area contributed by atoms with Crippen molar-refractivity contribution in [3.05, 3.63) is 47.8 Å². The molecule has 1 amide bonds. The van der Waals surface area contributed by atoms with E-state index in [-0.39, 0.29) is 5.69 Å². The summed E-state index contributed by atoms with van der Waals surface area (Å²) in [5.74, 6) is 0.0420. The van der Waals surface area contributed by atoms with Crippen LogP contribution in [0, 0.1) is 0 Å². The molecule has 0 unspecified atom stereocenters. The molecular formula is C15H17N3O.